The van der Waals surface area contributed by atoms with Gasteiger partial charge in [0.15, 0.2) is 0 Å². The Morgan fingerprint density at radius 1 is 1.39 bits per heavy atom. The highest BCUT2D eigenvalue weighted by Crippen LogP contribution is 2.36. The lowest BCUT2D eigenvalue weighted by atomic mass is 10.1. The lowest BCUT2D eigenvalue weighted by Gasteiger charge is -1.99. The standard InChI is InChI=1S/C13H12ClN3O/c1-7-12(10-6-11(15)18-16-10)8-4-3-5-9(14)13(8)17(7)2/h3-6H,15H2,1-2H3. The van der Waals surface area contributed by atoms with Gasteiger partial charge in [-0.2, -0.15) is 0 Å². The van der Waals surface area contributed by atoms with Gasteiger partial charge in [0.2, 0.25) is 5.88 Å². The molecule has 0 aliphatic carbocycles. The summed E-state index contributed by atoms with van der Waals surface area (Å²) in [6.07, 6.45) is 0. The number of nitrogens with two attached hydrogens (primary N) is 1. The molecule has 0 unspecified atom stereocenters. The van der Waals surface area contributed by atoms with Gasteiger partial charge in [0.1, 0.15) is 5.69 Å². The van der Waals surface area contributed by atoms with Crippen LogP contribution >= 0.6 is 11.6 Å². The molecule has 92 valence electrons. The molecule has 0 aliphatic heterocycles. The van der Waals surface area contributed by atoms with E-state index in [0.717, 1.165) is 32.9 Å². The van der Waals surface area contributed by atoms with Crippen molar-refractivity contribution in [2.24, 2.45) is 7.05 Å². The first-order chi connectivity index (χ1) is 8.59. The monoisotopic (exact) mass is 261 g/mol. The van der Waals surface area contributed by atoms with E-state index in [0.29, 0.717) is 5.88 Å². The van der Waals surface area contributed by atoms with Crippen molar-refractivity contribution in [3.05, 3.63) is 35.0 Å². The molecule has 0 amide bonds. The molecule has 2 heterocycles. The van der Waals surface area contributed by atoms with Gasteiger partial charge in [-0.1, -0.05) is 28.9 Å². The Kier molecular flexibility index (Phi) is 2.35. The Morgan fingerprint density at radius 3 is 2.83 bits per heavy atom. The van der Waals surface area contributed by atoms with E-state index in [9.17, 15) is 0 Å². The van der Waals surface area contributed by atoms with E-state index in [1.807, 2.05) is 32.2 Å². The molecule has 18 heavy (non-hydrogen) atoms. The van der Waals surface area contributed by atoms with E-state index in [-0.39, 0.29) is 0 Å². The van der Waals surface area contributed by atoms with Crippen molar-refractivity contribution in [3.63, 3.8) is 0 Å². The van der Waals surface area contributed by atoms with Crippen LogP contribution in [0.3, 0.4) is 0 Å². The van der Waals surface area contributed by atoms with Crippen LogP contribution in [0.4, 0.5) is 5.88 Å². The number of halogens is 1. The molecule has 4 nitrogen and oxygen atoms in total. The minimum absolute atomic E-state index is 0.309. The third kappa shape index (κ3) is 1.42. The number of anilines is 1. The second kappa shape index (κ2) is 3.78. The summed E-state index contributed by atoms with van der Waals surface area (Å²) < 4.78 is 7.00. The number of aromatic nitrogens is 2. The maximum atomic E-state index is 6.25. The van der Waals surface area contributed by atoms with E-state index in [1.165, 1.54) is 0 Å². The summed E-state index contributed by atoms with van der Waals surface area (Å²) in [7, 11) is 1.98. The molecule has 0 spiro atoms. The van der Waals surface area contributed by atoms with Gasteiger partial charge in [0.05, 0.1) is 10.5 Å². The number of para-hydroxylation sites is 1. The summed E-state index contributed by atoms with van der Waals surface area (Å²) in [5.74, 6) is 0.309. The summed E-state index contributed by atoms with van der Waals surface area (Å²) in [6, 6.07) is 7.55. The number of hydrogen-bond donors (Lipinski definition) is 1. The van der Waals surface area contributed by atoms with E-state index in [2.05, 4.69) is 9.72 Å². The lowest BCUT2D eigenvalue weighted by molar-refractivity contribution is 0.439. The first kappa shape index (κ1) is 11.2. The van der Waals surface area contributed by atoms with Crippen LogP contribution in [-0.4, -0.2) is 9.72 Å². The summed E-state index contributed by atoms with van der Waals surface area (Å²) in [5.41, 5.74) is 9.40. The van der Waals surface area contributed by atoms with Gasteiger partial charge in [-0.15, -0.1) is 0 Å². The Balaban J connectivity index is 2.43. The average Bonchev–Trinajstić information content (AvgIpc) is 2.84. The molecule has 0 bridgehead atoms. The second-order valence-electron chi connectivity index (χ2n) is 4.27. The zero-order chi connectivity index (χ0) is 12.9. The molecule has 2 aromatic heterocycles. The SMILES string of the molecule is Cc1c(-c2cc(N)on2)c2cccc(Cl)c2n1C. The summed E-state index contributed by atoms with van der Waals surface area (Å²) in [5, 5.41) is 5.76. The average molecular weight is 262 g/mol. The Morgan fingerprint density at radius 2 is 2.17 bits per heavy atom. The van der Waals surface area contributed by atoms with Crippen molar-refractivity contribution in [2.45, 2.75) is 6.92 Å². The summed E-state index contributed by atoms with van der Waals surface area (Å²) in [4.78, 5) is 0. The predicted octanol–water partition coefficient (Wildman–Crippen LogP) is 3.38. The van der Waals surface area contributed by atoms with Gasteiger partial charge in [-0.3, -0.25) is 0 Å². The fourth-order valence-electron chi connectivity index (χ4n) is 2.32. The third-order valence-electron chi connectivity index (χ3n) is 3.24. The van der Waals surface area contributed by atoms with Crippen LogP contribution in [0.25, 0.3) is 22.2 Å². The minimum Gasteiger partial charge on any atom is -0.368 e. The molecule has 0 saturated heterocycles. The first-order valence-electron chi connectivity index (χ1n) is 5.55. The molecule has 0 fully saturated rings. The molecule has 0 saturated carbocycles. The molecule has 3 rings (SSSR count). The number of rotatable bonds is 1. The second-order valence-corrected chi connectivity index (χ2v) is 4.68. The third-order valence-corrected chi connectivity index (χ3v) is 3.55. The smallest absolute Gasteiger partial charge is 0.222 e. The molecule has 5 heteroatoms. The Bertz CT molecular complexity index is 742. The van der Waals surface area contributed by atoms with Crippen LogP contribution in [0.1, 0.15) is 5.69 Å². The van der Waals surface area contributed by atoms with Crippen LogP contribution < -0.4 is 5.73 Å². The highest BCUT2D eigenvalue weighted by molar-refractivity contribution is 6.35. The Hall–Kier alpha value is -1.94. The largest absolute Gasteiger partial charge is 0.368 e. The molecule has 3 aromatic rings. The highest BCUT2D eigenvalue weighted by Gasteiger charge is 2.18. The maximum absolute atomic E-state index is 6.25. The highest BCUT2D eigenvalue weighted by atomic mass is 35.5. The number of nitrogen functional groups attached to an aromatic ring is 1. The fourth-order valence-corrected chi connectivity index (χ4v) is 2.62. The van der Waals surface area contributed by atoms with Gasteiger partial charge in [0.25, 0.3) is 0 Å². The van der Waals surface area contributed by atoms with Crippen LogP contribution in [0, 0.1) is 6.92 Å². The van der Waals surface area contributed by atoms with Crippen LogP contribution in [0.2, 0.25) is 5.02 Å². The maximum Gasteiger partial charge on any atom is 0.222 e. The quantitative estimate of drug-likeness (QED) is 0.731. The molecule has 2 N–H and O–H groups in total. The number of fused-ring (bicyclic) bond motifs is 1. The van der Waals surface area contributed by atoms with Crippen LogP contribution in [0.5, 0.6) is 0 Å². The van der Waals surface area contributed by atoms with Gasteiger partial charge in [-0.05, 0) is 13.0 Å². The molecular formula is C13H12ClN3O. The zero-order valence-electron chi connectivity index (χ0n) is 10.1. The molecular weight excluding hydrogens is 250 g/mol. The van der Waals surface area contributed by atoms with Crippen molar-refractivity contribution in [3.8, 4) is 11.3 Å². The van der Waals surface area contributed by atoms with E-state index >= 15 is 0 Å². The van der Waals surface area contributed by atoms with Crippen LogP contribution in [-0.2, 0) is 7.05 Å². The Labute approximate surface area is 109 Å². The summed E-state index contributed by atoms with van der Waals surface area (Å²) >= 11 is 6.25. The van der Waals surface area contributed by atoms with E-state index < -0.39 is 0 Å². The van der Waals surface area contributed by atoms with Crippen molar-refractivity contribution in [1.82, 2.24) is 9.72 Å². The van der Waals surface area contributed by atoms with Gasteiger partial charge < -0.3 is 14.8 Å². The zero-order valence-corrected chi connectivity index (χ0v) is 10.8. The van der Waals surface area contributed by atoms with E-state index in [1.54, 1.807) is 6.07 Å². The molecule has 0 aliphatic rings. The number of nitrogens with zero attached hydrogens (tertiary/aromatic N) is 2. The minimum atomic E-state index is 0.309. The van der Waals surface area contributed by atoms with Crippen molar-refractivity contribution in [2.75, 3.05) is 5.73 Å². The normalized spacial score (nSPS) is 11.3. The topological polar surface area (TPSA) is 57.0 Å². The van der Waals surface area contributed by atoms with Gasteiger partial charge >= 0.3 is 0 Å². The van der Waals surface area contributed by atoms with E-state index in [4.69, 9.17) is 21.9 Å². The van der Waals surface area contributed by atoms with Crippen molar-refractivity contribution in [1.29, 1.82) is 0 Å². The number of aryl methyl sites for hydroxylation is 1. The lowest BCUT2D eigenvalue weighted by Crippen LogP contribution is -1.91. The van der Waals surface area contributed by atoms with Crippen molar-refractivity contribution >= 4 is 28.4 Å². The summed E-state index contributed by atoms with van der Waals surface area (Å²) in [6.45, 7) is 2.02. The number of benzene rings is 1. The molecule has 1 aromatic carbocycles. The van der Waals surface area contributed by atoms with Gasteiger partial charge in [0, 0.05) is 29.8 Å². The molecule has 0 atom stereocenters. The van der Waals surface area contributed by atoms with Crippen LogP contribution in [0.15, 0.2) is 28.8 Å². The number of hydrogen-bond acceptors (Lipinski definition) is 3. The first-order valence-corrected chi connectivity index (χ1v) is 5.93. The molecule has 0 radical (unpaired) electrons. The predicted molar refractivity (Wildman–Crippen MR) is 72.6 cm³/mol. The fraction of sp³-hybridized carbons (Fsp3) is 0.154. The van der Waals surface area contributed by atoms with Gasteiger partial charge in [-0.25, -0.2) is 0 Å². The van der Waals surface area contributed by atoms with Crippen molar-refractivity contribution < 1.29 is 4.52 Å².